The van der Waals surface area contributed by atoms with Crippen molar-refractivity contribution in [2.45, 2.75) is 6.42 Å². The molecule has 1 N–H and O–H groups in total. The van der Waals surface area contributed by atoms with Gasteiger partial charge >= 0.3 is 0 Å². The summed E-state index contributed by atoms with van der Waals surface area (Å²) in [5, 5.41) is 11.8. The summed E-state index contributed by atoms with van der Waals surface area (Å²) >= 11 is 0. The van der Waals surface area contributed by atoms with Crippen molar-refractivity contribution in [2.24, 2.45) is 5.16 Å². The molecule has 61 valence electrons. The zero-order valence-corrected chi connectivity index (χ0v) is 6.40. The molecule has 1 aromatic carbocycles. The van der Waals surface area contributed by atoms with Gasteiger partial charge in [0.05, 0.1) is 5.71 Å². The maximum absolute atomic E-state index is 8.65. The van der Waals surface area contributed by atoms with Crippen LogP contribution in [0.3, 0.4) is 0 Å². The van der Waals surface area contributed by atoms with E-state index in [9.17, 15) is 0 Å². The fourth-order valence-electron chi connectivity index (χ4n) is 1.22. The Morgan fingerprint density at radius 1 is 1.33 bits per heavy atom. The van der Waals surface area contributed by atoms with Crippen LogP contribution in [0.2, 0.25) is 0 Å². The molecule has 12 heavy (non-hydrogen) atoms. The molecular weight excluding hydrogens is 154 g/mol. The molecule has 0 unspecified atom stereocenters. The van der Waals surface area contributed by atoms with Crippen molar-refractivity contribution in [2.75, 3.05) is 0 Å². The van der Waals surface area contributed by atoms with E-state index >= 15 is 0 Å². The van der Waals surface area contributed by atoms with Gasteiger partial charge in [0.25, 0.3) is 0 Å². The lowest BCUT2D eigenvalue weighted by molar-refractivity contribution is 0.314. The topological polar surface area (TPSA) is 41.8 Å². The highest BCUT2D eigenvalue weighted by Crippen LogP contribution is 2.25. The van der Waals surface area contributed by atoms with Crippen LogP contribution in [-0.4, -0.2) is 10.9 Å². The van der Waals surface area contributed by atoms with E-state index in [2.05, 4.69) is 5.16 Å². The minimum absolute atomic E-state index is 0.549. The fourth-order valence-corrected chi connectivity index (χ4v) is 1.22. The van der Waals surface area contributed by atoms with Crippen molar-refractivity contribution in [3.8, 4) is 5.75 Å². The number of hydrogen-bond donors (Lipinski definition) is 1. The summed E-state index contributed by atoms with van der Waals surface area (Å²) in [4.78, 5) is 0. The maximum Gasteiger partial charge on any atom is 0.141 e. The highest BCUT2D eigenvalue weighted by atomic mass is 16.5. The van der Waals surface area contributed by atoms with Gasteiger partial charge in [0, 0.05) is 12.0 Å². The fraction of sp³-hybridized carbons (Fsp3) is 0.111. The van der Waals surface area contributed by atoms with Crippen LogP contribution >= 0.6 is 0 Å². The lowest BCUT2D eigenvalue weighted by Crippen LogP contribution is -2.11. The van der Waals surface area contributed by atoms with E-state index in [-0.39, 0.29) is 0 Å². The number of benzene rings is 1. The number of rotatable bonds is 0. The van der Waals surface area contributed by atoms with E-state index in [1.165, 1.54) is 0 Å². The van der Waals surface area contributed by atoms with Gasteiger partial charge < -0.3 is 9.94 Å². The number of para-hydroxylation sites is 1. The molecule has 1 heterocycles. The lowest BCUT2D eigenvalue weighted by atomic mass is 10.0. The zero-order valence-electron chi connectivity index (χ0n) is 6.40. The molecule has 0 atom stereocenters. The Bertz CT molecular complexity index is 320. The van der Waals surface area contributed by atoms with Gasteiger partial charge in [-0.1, -0.05) is 17.3 Å². The molecule has 0 saturated heterocycles. The Labute approximate surface area is 70.3 Å². The van der Waals surface area contributed by atoms with E-state index in [4.69, 9.17) is 9.94 Å². The lowest BCUT2D eigenvalue weighted by Gasteiger charge is -2.16. The average molecular weight is 162 g/mol. The van der Waals surface area contributed by atoms with Crippen LogP contribution in [0, 0.1) is 6.61 Å². The molecular formula is C9H8NO2. The summed E-state index contributed by atoms with van der Waals surface area (Å²) in [5.41, 5.74) is 1.51. The monoisotopic (exact) mass is 162 g/mol. The van der Waals surface area contributed by atoms with Crippen molar-refractivity contribution in [3.63, 3.8) is 0 Å². The van der Waals surface area contributed by atoms with Gasteiger partial charge in [-0.15, -0.1) is 0 Å². The van der Waals surface area contributed by atoms with Crippen molar-refractivity contribution in [1.82, 2.24) is 0 Å². The third-order valence-corrected chi connectivity index (χ3v) is 1.81. The SMILES string of the molecule is ON=C1C[CH]Oc2ccccc21. The minimum Gasteiger partial charge on any atom is -0.485 e. The molecule has 0 spiro atoms. The van der Waals surface area contributed by atoms with Crippen LogP contribution < -0.4 is 4.74 Å². The van der Waals surface area contributed by atoms with Crippen LogP contribution in [0.5, 0.6) is 5.75 Å². The third kappa shape index (κ3) is 1.03. The summed E-state index contributed by atoms with van der Waals surface area (Å²) in [6, 6.07) is 7.49. The summed E-state index contributed by atoms with van der Waals surface area (Å²) < 4.78 is 5.24. The van der Waals surface area contributed by atoms with Crippen LogP contribution in [0.15, 0.2) is 29.4 Å². The second-order valence-electron chi connectivity index (χ2n) is 2.53. The molecule has 1 aromatic rings. The van der Waals surface area contributed by atoms with Crippen LogP contribution in [0.25, 0.3) is 0 Å². The van der Waals surface area contributed by atoms with E-state index in [1.54, 1.807) is 6.61 Å². The summed E-state index contributed by atoms with van der Waals surface area (Å²) in [5.74, 6) is 0.747. The number of oxime groups is 1. The van der Waals surface area contributed by atoms with Crippen LogP contribution in [-0.2, 0) is 0 Å². The highest BCUT2D eigenvalue weighted by Gasteiger charge is 2.16. The number of ether oxygens (including phenoxy) is 1. The first kappa shape index (κ1) is 7.16. The van der Waals surface area contributed by atoms with Crippen molar-refractivity contribution >= 4 is 5.71 Å². The Balaban J connectivity index is 2.51. The van der Waals surface area contributed by atoms with Gasteiger partial charge in [0.15, 0.2) is 0 Å². The highest BCUT2D eigenvalue weighted by molar-refractivity contribution is 6.03. The Kier molecular flexibility index (Phi) is 1.70. The molecule has 1 radical (unpaired) electrons. The molecule has 0 amide bonds. The second kappa shape index (κ2) is 2.85. The van der Waals surface area contributed by atoms with Gasteiger partial charge in [-0.2, -0.15) is 0 Å². The third-order valence-electron chi connectivity index (χ3n) is 1.81. The van der Waals surface area contributed by atoms with Gasteiger partial charge in [-0.25, -0.2) is 0 Å². The van der Waals surface area contributed by atoms with Crippen molar-refractivity contribution < 1.29 is 9.94 Å². The summed E-state index contributed by atoms with van der Waals surface area (Å²) in [7, 11) is 0. The Hall–Kier alpha value is -1.51. The molecule has 1 aliphatic heterocycles. The second-order valence-corrected chi connectivity index (χ2v) is 2.53. The Morgan fingerprint density at radius 2 is 2.17 bits per heavy atom. The van der Waals surface area contributed by atoms with E-state index in [0.717, 1.165) is 11.3 Å². The molecule has 3 heteroatoms. The molecule has 0 aliphatic carbocycles. The molecule has 0 fully saturated rings. The molecule has 3 nitrogen and oxygen atoms in total. The first-order valence-corrected chi connectivity index (χ1v) is 3.70. The largest absolute Gasteiger partial charge is 0.485 e. The molecule has 0 saturated carbocycles. The quantitative estimate of drug-likeness (QED) is 0.467. The Morgan fingerprint density at radius 3 is 3.00 bits per heavy atom. The minimum atomic E-state index is 0.549. The molecule has 0 aromatic heterocycles. The normalized spacial score (nSPS) is 18.5. The van der Waals surface area contributed by atoms with Crippen LogP contribution in [0.4, 0.5) is 0 Å². The van der Waals surface area contributed by atoms with Gasteiger partial charge in [0.1, 0.15) is 12.4 Å². The number of nitrogens with zero attached hydrogens (tertiary/aromatic N) is 1. The van der Waals surface area contributed by atoms with Crippen molar-refractivity contribution in [1.29, 1.82) is 0 Å². The van der Waals surface area contributed by atoms with Crippen LogP contribution in [0.1, 0.15) is 12.0 Å². The smallest absolute Gasteiger partial charge is 0.141 e. The van der Waals surface area contributed by atoms with E-state index in [1.807, 2.05) is 24.3 Å². The molecule has 0 bridgehead atoms. The zero-order chi connectivity index (χ0) is 8.39. The van der Waals surface area contributed by atoms with Gasteiger partial charge in [-0.05, 0) is 12.1 Å². The number of fused-ring (bicyclic) bond motifs is 1. The predicted octanol–water partition coefficient (Wildman–Crippen LogP) is 1.81. The summed E-state index contributed by atoms with van der Waals surface area (Å²) in [6.45, 7) is 1.62. The predicted molar refractivity (Wildman–Crippen MR) is 44.3 cm³/mol. The van der Waals surface area contributed by atoms with E-state index < -0.39 is 0 Å². The van der Waals surface area contributed by atoms with Crippen molar-refractivity contribution in [3.05, 3.63) is 36.4 Å². The maximum atomic E-state index is 8.65. The number of hydrogen-bond acceptors (Lipinski definition) is 3. The summed E-state index contributed by atoms with van der Waals surface area (Å²) in [6.07, 6.45) is 0.549. The average Bonchev–Trinajstić information content (AvgIpc) is 2.17. The van der Waals surface area contributed by atoms with E-state index in [0.29, 0.717) is 12.1 Å². The first-order valence-electron chi connectivity index (χ1n) is 3.70. The standard InChI is InChI=1S/C9H8NO2/c11-10-8-5-6-12-9-4-2-1-3-7(8)9/h1-4,6,11H,5H2. The van der Waals surface area contributed by atoms with Gasteiger partial charge in [0.2, 0.25) is 0 Å². The molecule has 1 aliphatic rings. The van der Waals surface area contributed by atoms with Gasteiger partial charge in [-0.3, -0.25) is 0 Å². The molecule has 2 rings (SSSR count). The first-order chi connectivity index (χ1) is 5.92.